The molecule has 0 radical (unpaired) electrons. The summed E-state index contributed by atoms with van der Waals surface area (Å²) in [5.41, 5.74) is 0.0423. The van der Waals surface area contributed by atoms with Crippen LogP contribution < -0.4 is 15.8 Å². The van der Waals surface area contributed by atoms with E-state index in [1.54, 1.807) is 18.2 Å². The highest BCUT2D eigenvalue weighted by Gasteiger charge is 2.20. The number of amides is 1. The van der Waals surface area contributed by atoms with Crippen LogP contribution in [0.5, 0.6) is 0 Å². The molecule has 1 saturated heterocycles. The SMILES string of the molecule is O=C(Nc1cccc(Br)c1)c1cnc2sc(N3CCOCC3)nn2c1=O. The van der Waals surface area contributed by atoms with Gasteiger partial charge in [-0.25, -0.2) is 4.98 Å². The molecule has 0 atom stereocenters. The summed E-state index contributed by atoms with van der Waals surface area (Å²) in [6, 6.07) is 7.14. The Balaban J connectivity index is 1.64. The zero-order valence-electron chi connectivity index (χ0n) is 13.5. The fraction of sp³-hybridized carbons (Fsp3) is 0.250. The quantitative estimate of drug-likeness (QED) is 0.676. The molecule has 3 heterocycles. The Kier molecular flexibility index (Phi) is 4.70. The number of nitrogens with zero attached hydrogens (tertiary/aromatic N) is 4. The van der Waals surface area contributed by atoms with Crippen LogP contribution in [-0.2, 0) is 4.74 Å². The number of aromatic nitrogens is 3. The van der Waals surface area contributed by atoms with Crippen molar-refractivity contribution in [1.29, 1.82) is 0 Å². The number of carbonyl (C=O) groups excluding carboxylic acids is 1. The summed E-state index contributed by atoms with van der Waals surface area (Å²) in [5, 5.41) is 7.74. The van der Waals surface area contributed by atoms with E-state index in [4.69, 9.17) is 4.74 Å². The van der Waals surface area contributed by atoms with E-state index >= 15 is 0 Å². The third-order valence-electron chi connectivity index (χ3n) is 3.88. The highest BCUT2D eigenvalue weighted by atomic mass is 79.9. The van der Waals surface area contributed by atoms with Crippen LogP contribution in [0.1, 0.15) is 10.4 Å². The number of hydrogen-bond acceptors (Lipinski definition) is 7. The highest BCUT2D eigenvalue weighted by molar-refractivity contribution is 9.10. The number of nitrogens with one attached hydrogen (secondary N) is 1. The van der Waals surface area contributed by atoms with Crippen LogP contribution in [0.3, 0.4) is 0 Å². The molecule has 26 heavy (non-hydrogen) atoms. The lowest BCUT2D eigenvalue weighted by Gasteiger charge is -2.25. The molecule has 2 aromatic heterocycles. The lowest BCUT2D eigenvalue weighted by Crippen LogP contribution is -2.36. The average Bonchev–Trinajstić information content (AvgIpc) is 3.08. The predicted molar refractivity (Wildman–Crippen MR) is 102 cm³/mol. The largest absolute Gasteiger partial charge is 0.378 e. The molecule has 1 N–H and O–H groups in total. The second-order valence-electron chi connectivity index (χ2n) is 5.62. The third kappa shape index (κ3) is 3.35. The van der Waals surface area contributed by atoms with E-state index in [1.165, 1.54) is 22.0 Å². The summed E-state index contributed by atoms with van der Waals surface area (Å²) in [4.78, 5) is 31.9. The first-order valence-electron chi connectivity index (χ1n) is 7.90. The number of ether oxygens (including phenoxy) is 1. The fourth-order valence-corrected chi connectivity index (χ4v) is 3.89. The first-order valence-corrected chi connectivity index (χ1v) is 9.51. The van der Waals surface area contributed by atoms with Crippen molar-refractivity contribution in [2.45, 2.75) is 0 Å². The van der Waals surface area contributed by atoms with Crippen molar-refractivity contribution in [1.82, 2.24) is 14.6 Å². The van der Waals surface area contributed by atoms with Gasteiger partial charge < -0.3 is 15.0 Å². The molecular weight excluding hydrogens is 422 g/mol. The Hall–Kier alpha value is -2.30. The average molecular weight is 436 g/mol. The maximum atomic E-state index is 12.7. The second kappa shape index (κ2) is 7.14. The van der Waals surface area contributed by atoms with Gasteiger partial charge in [-0.05, 0) is 18.2 Å². The molecule has 0 spiro atoms. The zero-order valence-corrected chi connectivity index (χ0v) is 15.9. The van der Waals surface area contributed by atoms with Gasteiger partial charge in [0.1, 0.15) is 5.56 Å². The number of anilines is 2. The summed E-state index contributed by atoms with van der Waals surface area (Å²) >= 11 is 4.66. The van der Waals surface area contributed by atoms with Gasteiger partial charge in [-0.1, -0.05) is 33.3 Å². The van der Waals surface area contributed by atoms with E-state index in [1.807, 2.05) is 11.0 Å². The van der Waals surface area contributed by atoms with Gasteiger partial charge in [0, 0.05) is 29.4 Å². The Labute approximate surface area is 160 Å². The van der Waals surface area contributed by atoms with Gasteiger partial charge in [0.2, 0.25) is 10.1 Å². The molecule has 3 aromatic rings. The topological polar surface area (TPSA) is 88.8 Å². The van der Waals surface area contributed by atoms with Gasteiger partial charge in [-0.3, -0.25) is 9.59 Å². The van der Waals surface area contributed by atoms with Gasteiger partial charge in [-0.2, -0.15) is 4.52 Å². The predicted octanol–water partition coefficient (Wildman–Crippen LogP) is 2.00. The summed E-state index contributed by atoms with van der Waals surface area (Å²) in [7, 11) is 0. The maximum Gasteiger partial charge on any atom is 0.288 e. The summed E-state index contributed by atoms with van der Waals surface area (Å²) in [6.45, 7) is 2.67. The third-order valence-corrected chi connectivity index (χ3v) is 5.36. The minimum atomic E-state index is -0.518. The van der Waals surface area contributed by atoms with Crippen LogP contribution in [0.2, 0.25) is 0 Å². The Morgan fingerprint density at radius 1 is 1.31 bits per heavy atom. The van der Waals surface area contributed by atoms with E-state index in [-0.39, 0.29) is 5.56 Å². The molecule has 134 valence electrons. The summed E-state index contributed by atoms with van der Waals surface area (Å²) in [5.74, 6) is -0.518. The normalized spacial score (nSPS) is 14.6. The number of morpholine rings is 1. The van der Waals surface area contributed by atoms with Crippen molar-refractivity contribution < 1.29 is 9.53 Å². The van der Waals surface area contributed by atoms with Gasteiger partial charge >= 0.3 is 0 Å². The van der Waals surface area contributed by atoms with E-state index in [0.717, 1.165) is 4.47 Å². The van der Waals surface area contributed by atoms with Crippen LogP contribution in [-0.4, -0.2) is 46.8 Å². The molecule has 0 unspecified atom stereocenters. The van der Waals surface area contributed by atoms with E-state index < -0.39 is 11.5 Å². The smallest absolute Gasteiger partial charge is 0.288 e. The Bertz CT molecular complexity index is 1030. The molecule has 4 rings (SSSR count). The molecule has 1 aliphatic heterocycles. The number of hydrogen-bond donors (Lipinski definition) is 1. The minimum Gasteiger partial charge on any atom is -0.378 e. The number of benzene rings is 1. The first kappa shape index (κ1) is 17.1. The zero-order chi connectivity index (χ0) is 18.1. The van der Waals surface area contributed by atoms with Gasteiger partial charge in [0.15, 0.2) is 0 Å². The number of fused-ring (bicyclic) bond motifs is 1. The number of halogens is 1. The van der Waals surface area contributed by atoms with Crippen LogP contribution in [0.15, 0.2) is 39.7 Å². The van der Waals surface area contributed by atoms with Crippen LogP contribution in [0.25, 0.3) is 4.96 Å². The van der Waals surface area contributed by atoms with Crippen molar-refractivity contribution in [3.8, 4) is 0 Å². The minimum absolute atomic E-state index is 0.0543. The van der Waals surface area contributed by atoms with Crippen LogP contribution >= 0.6 is 27.3 Å². The summed E-state index contributed by atoms with van der Waals surface area (Å²) in [6.07, 6.45) is 1.30. The molecule has 0 aliphatic carbocycles. The summed E-state index contributed by atoms with van der Waals surface area (Å²) < 4.78 is 7.34. The van der Waals surface area contributed by atoms with Crippen LogP contribution in [0, 0.1) is 0 Å². The highest BCUT2D eigenvalue weighted by Crippen LogP contribution is 2.22. The van der Waals surface area contributed by atoms with E-state index in [0.29, 0.717) is 42.1 Å². The molecule has 0 saturated carbocycles. The van der Waals surface area contributed by atoms with Gasteiger partial charge in [0.25, 0.3) is 11.5 Å². The molecule has 0 bridgehead atoms. The first-order chi connectivity index (χ1) is 12.6. The van der Waals surface area contributed by atoms with Crippen molar-refractivity contribution in [3.63, 3.8) is 0 Å². The standard InChI is InChI=1S/C16H14BrN5O3S/c17-10-2-1-3-11(8-10)19-13(23)12-9-18-15-22(14(12)24)20-16(26-15)21-4-6-25-7-5-21/h1-3,8-9H,4-7H2,(H,19,23). The van der Waals surface area contributed by atoms with Crippen molar-refractivity contribution in [2.75, 3.05) is 36.5 Å². The van der Waals surface area contributed by atoms with E-state index in [2.05, 4.69) is 31.3 Å². The van der Waals surface area contributed by atoms with Crippen molar-refractivity contribution in [3.05, 3.63) is 50.9 Å². The van der Waals surface area contributed by atoms with Gasteiger partial charge in [-0.15, -0.1) is 5.10 Å². The van der Waals surface area contributed by atoms with E-state index in [9.17, 15) is 9.59 Å². The lowest BCUT2D eigenvalue weighted by molar-refractivity contribution is 0.102. The monoisotopic (exact) mass is 435 g/mol. The second-order valence-corrected chi connectivity index (χ2v) is 7.47. The lowest BCUT2D eigenvalue weighted by atomic mass is 10.2. The molecule has 10 heteroatoms. The Morgan fingerprint density at radius 2 is 2.12 bits per heavy atom. The molecule has 1 aromatic carbocycles. The number of carbonyl (C=O) groups is 1. The van der Waals surface area contributed by atoms with Gasteiger partial charge in [0.05, 0.1) is 13.2 Å². The van der Waals surface area contributed by atoms with Crippen molar-refractivity contribution >= 4 is 49.0 Å². The molecule has 1 amide bonds. The molecule has 1 aliphatic rings. The fourth-order valence-electron chi connectivity index (χ4n) is 2.58. The molecule has 1 fully saturated rings. The maximum absolute atomic E-state index is 12.7. The number of rotatable bonds is 3. The van der Waals surface area contributed by atoms with Crippen molar-refractivity contribution in [2.24, 2.45) is 0 Å². The van der Waals surface area contributed by atoms with Crippen LogP contribution in [0.4, 0.5) is 10.8 Å². The Morgan fingerprint density at radius 3 is 2.88 bits per heavy atom. The molecular formula is C16H14BrN5O3S. The molecule has 8 nitrogen and oxygen atoms in total.